The number of carbonyl (C=O) groups excluding carboxylic acids is 1. The molecule has 0 fully saturated rings. The van der Waals surface area contributed by atoms with E-state index in [1.165, 1.54) is 64.9 Å². The van der Waals surface area contributed by atoms with Gasteiger partial charge in [-0.05, 0) is 36.8 Å². The lowest BCUT2D eigenvalue weighted by Crippen LogP contribution is -2.13. The number of methoxy groups -OCH3 is 1. The van der Waals surface area contributed by atoms with E-state index in [0.717, 1.165) is 24.0 Å². The highest BCUT2D eigenvalue weighted by Gasteiger charge is 2.17. The molecule has 5 nitrogen and oxygen atoms in total. The molecule has 0 atom stereocenters. The molecule has 0 spiro atoms. The molecule has 0 aliphatic carbocycles. The van der Waals surface area contributed by atoms with Gasteiger partial charge in [-0.25, -0.2) is 0 Å². The van der Waals surface area contributed by atoms with Gasteiger partial charge in [0, 0.05) is 28.0 Å². The second-order valence-electron chi connectivity index (χ2n) is 9.27. The summed E-state index contributed by atoms with van der Waals surface area (Å²) in [6.45, 7) is 3.14. The number of phenols is 1. The van der Waals surface area contributed by atoms with Crippen molar-refractivity contribution in [2.24, 2.45) is 0 Å². The average molecular weight is 511 g/mol. The van der Waals surface area contributed by atoms with Crippen LogP contribution in [0.1, 0.15) is 81.5 Å². The van der Waals surface area contributed by atoms with E-state index in [1.807, 2.05) is 24.3 Å². The summed E-state index contributed by atoms with van der Waals surface area (Å²) in [5, 5.41) is 19.2. The normalized spacial score (nSPS) is 11.0. The minimum Gasteiger partial charge on any atom is -0.506 e. The summed E-state index contributed by atoms with van der Waals surface area (Å²) in [5.74, 6) is 0.0127. The molecule has 0 heterocycles. The molecule has 3 N–H and O–H groups in total. The highest BCUT2D eigenvalue weighted by Crippen LogP contribution is 2.34. The summed E-state index contributed by atoms with van der Waals surface area (Å²) in [7, 11) is 1.52. The number of amides is 1. The highest BCUT2D eigenvalue weighted by atomic mass is 35.5. The van der Waals surface area contributed by atoms with Crippen molar-refractivity contribution in [3.8, 4) is 11.5 Å². The number of unbranched alkanes of at least 4 members (excludes halogenated alkanes) is 9. The fourth-order valence-corrected chi connectivity index (χ4v) is 4.65. The van der Waals surface area contributed by atoms with Gasteiger partial charge in [0.1, 0.15) is 11.5 Å². The van der Waals surface area contributed by atoms with Gasteiger partial charge in [-0.15, -0.1) is 0 Å². The Hall–Kier alpha value is -2.92. The monoisotopic (exact) mass is 510 g/mol. The lowest BCUT2D eigenvalue weighted by atomic mass is 10.0. The first-order valence-electron chi connectivity index (χ1n) is 13.2. The average Bonchev–Trinajstić information content (AvgIpc) is 2.88. The molecule has 3 rings (SSSR count). The van der Waals surface area contributed by atoms with Gasteiger partial charge in [0.15, 0.2) is 0 Å². The van der Waals surface area contributed by atoms with Crippen LogP contribution in [0.25, 0.3) is 10.8 Å². The SMILES string of the molecule is CCCCCCCCCCCCNc1cccc2c(O)c(C(=O)Nc3cc(Cl)ccc3OC)ccc12. The number of phenolic OH excluding ortho intramolecular Hbond substituents is 1. The Bertz CT molecular complexity index is 1130. The second-order valence-corrected chi connectivity index (χ2v) is 9.71. The quantitative estimate of drug-likeness (QED) is 0.179. The molecule has 36 heavy (non-hydrogen) atoms. The minimum atomic E-state index is -0.432. The number of nitrogens with one attached hydrogen (secondary N) is 2. The van der Waals surface area contributed by atoms with Crippen molar-refractivity contribution in [1.29, 1.82) is 0 Å². The minimum absolute atomic E-state index is 0.0476. The number of hydrogen-bond donors (Lipinski definition) is 3. The topological polar surface area (TPSA) is 70.6 Å². The van der Waals surface area contributed by atoms with Crippen LogP contribution in [-0.4, -0.2) is 24.7 Å². The van der Waals surface area contributed by atoms with Crippen LogP contribution in [0.5, 0.6) is 11.5 Å². The highest BCUT2D eigenvalue weighted by molar-refractivity contribution is 6.31. The molecule has 6 heteroatoms. The van der Waals surface area contributed by atoms with E-state index in [0.29, 0.717) is 21.8 Å². The number of halogens is 1. The Balaban J connectivity index is 1.55. The molecule has 0 saturated heterocycles. The fourth-order valence-electron chi connectivity index (χ4n) is 4.48. The summed E-state index contributed by atoms with van der Waals surface area (Å²) >= 11 is 6.07. The predicted octanol–water partition coefficient (Wildman–Crippen LogP) is 8.79. The van der Waals surface area contributed by atoms with E-state index in [1.54, 1.807) is 24.3 Å². The molecule has 194 valence electrons. The Kier molecular flexibility index (Phi) is 11.2. The van der Waals surface area contributed by atoms with Crippen molar-refractivity contribution in [3.63, 3.8) is 0 Å². The van der Waals surface area contributed by atoms with Gasteiger partial charge >= 0.3 is 0 Å². The van der Waals surface area contributed by atoms with E-state index in [4.69, 9.17) is 16.3 Å². The predicted molar refractivity (Wildman–Crippen MR) is 152 cm³/mol. The fraction of sp³-hybridized carbons (Fsp3) is 0.433. The maximum absolute atomic E-state index is 12.9. The molecule has 0 unspecified atom stereocenters. The summed E-state index contributed by atoms with van der Waals surface area (Å²) in [5.41, 5.74) is 1.60. The van der Waals surface area contributed by atoms with Crippen LogP contribution in [0.2, 0.25) is 5.02 Å². The maximum atomic E-state index is 12.9. The molecule has 0 radical (unpaired) electrons. The third-order valence-corrected chi connectivity index (χ3v) is 6.77. The van der Waals surface area contributed by atoms with E-state index in [9.17, 15) is 9.90 Å². The zero-order valence-corrected chi connectivity index (χ0v) is 22.3. The number of aromatic hydroxyl groups is 1. The second kappa shape index (κ2) is 14.6. The Morgan fingerprint density at radius 2 is 1.56 bits per heavy atom. The van der Waals surface area contributed by atoms with E-state index in [-0.39, 0.29) is 11.3 Å². The van der Waals surface area contributed by atoms with Gasteiger partial charge < -0.3 is 20.5 Å². The number of fused-ring (bicyclic) bond motifs is 1. The van der Waals surface area contributed by atoms with Gasteiger partial charge in [0.25, 0.3) is 5.91 Å². The number of anilines is 2. The molecule has 0 aliphatic rings. The number of benzene rings is 3. The van der Waals surface area contributed by atoms with Crippen LogP contribution < -0.4 is 15.4 Å². The van der Waals surface area contributed by atoms with Gasteiger partial charge in [-0.2, -0.15) is 0 Å². The smallest absolute Gasteiger partial charge is 0.259 e. The third-order valence-electron chi connectivity index (χ3n) is 6.53. The van der Waals surface area contributed by atoms with E-state index >= 15 is 0 Å². The van der Waals surface area contributed by atoms with Crippen LogP contribution in [0.15, 0.2) is 48.5 Å². The van der Waals surface area contributed by atoms with Crippen molar-refractivity contribution in [2.45, 2.75) is 71.1 Å². The molecule has 0 aromatic heterocycles. The Morgan fingerprint density at radius 3 is 2.25 bits per heavy atom. The van der Waals surface area contributed by atoms with Gasteiger partial charge in [0.05, 0.1) is 18.4 Å². The van der Waals surface area contributed by atoms with Crippen LogP contribution in [0.3, 0.4) is 0 Å². The molecule has 3 aromatic rings. The summed E-state index contributed by atoms with van der Waals surface area (Å²) in [6, 6.07) is 14.2. The van der Waals surface area contributed by atoms with Crippen LogP contribution in [0.4, 0.5) is 11.4 Å². The van der Waals surface area contributed by atoms with Crippen LogP contribution >= 0.6 is 11.6 Å². The van der Waals surface area contributed by atoms with Crippen molar-refractivity contribution in [3.05, 3.63) is 59.1 Å². The molecular formula is C30H39ClN2O3. The lowest BCUT2D eigenvalue weighted by Gasteiger charge is -2.14. The standard InChI is InChI=1S/C30H39ClN2O3/c1-3-4-5-6-7-8-9-10-11-12-20-32-26-15-13-14-24-23(26)17-18-25(29(24)34)30(35)33-27-21-22(31)16-19-28(27)36-2/h13-19,21,32,34H,3-12,20H2,1-2H3,(H,33,35). The molecule has 3 aromatic carbocycles. The van der Waals surface area contributed by atoms with Crippen molar-refractivity contribution in [2.75, 3.05) is 24.3 Å². The van der Waals surface area contributed by atoms with Crippen molar-refractivity contribution < 1.29 is 14.6 Å². The van der Waals surface area contributed by atoms with Gasteiger partial charge in [0.2, 0.25) is 0 Å². The van der Waals surface area contributed by atoms with Gasteiger partial charge in [-0.3, -0.25) is 4.79 Å². The number of ether oxygens (including phenoxy) is 1. The number of rotatable bonds is 15. The zero-order chi connectivity index (χ0) is 25.8. The number of carbonyl (C=O) groups is 1. The summed E-state index contributed by atoms with van der Waals surface area (Å²) in [4.78, 5) is 12.9. The third kappa shape index (κ3) is 7.79. The Morgan fingerprint density at radius 1 is 0.861 bits per heavy atom. The first-order valence-corrected chi connectivity index (χ1v) is 13.6. The van der Waals surface area contributed by atoms with Crippen molar-refractivity contribution >= 4 is 39.7 Å². The lowest BCUT2D eigenvalue weighted by molar-refractivity contribution is 0.102. The van der Waals surface area contributed by atoms with E-state index in [2.05, 4.69) is 17.6 Å². The molecule has 0 saturated carbocycles. The molecule has 0 aliphatic heterocycles. The van der Waals surface area contributed by atoms with Crippen LogP contribution in [-0.2, 0) is 0 Å². The van der Waals surface area contributed by atoms with Gasteiger partial charge in [-0.1, -0.05) is 94.5 Å². The molecule has 1 amide bonds. The largest absolute Gasteiger partial charge is 0.506 e. The van der Waals surface area contributed by atoms with Crippen LogP contribution in [0, 0.1) is 0 Å². The molecular weight excluding hydrogens is 472 g/mol. The summed E-state index contributed by atoms with van der Waals surface area (Å²) in [6.07, 6.45) is 13.1. The first-order chi connectivity index (χ1) is 17.5. The summed E-state index contributed by atoms with van der Waals surface area (Å²) < 4.78 is 5.30. The number of hydrogen-bond acceptors (Lipinski definition) is 4. The van der Waals surface area contributed by atoms with Crippen molar-refractivity contribution in [1.82, 2.24) is 0 Å². The molecule has 0 bridgehead atoms. The Labute approximate surface area is 220 Å². The zero-order valence-electron chi connectivity index (χ0n) is 21.5. The maximum Gasteiger partial charge on any atom is 0.259 e. The first kappa shape index (κ1) is 27.7. The van der Waals surface area contributed by atoms with E-state index < -0.39 is 5.91 Å².